The summed E-state index contributed by atoms with van der Waals surface area (Å²) >= 11 is 0. The van der Waals surface area contributed by atoms with E-state index in [4.69, 9.17) is 4.74 Å². The number of carbonyl (C=O) groups is 1. The maximum absolute atomic E-state index is 13.4. The Morgan fingerprint density at radius 3 is 2.57 bits per heavy atom. The summed E-state index contributed by atoms with van der Waals surface area (Å²) in [5.74, 6) is -0.584. The van der Waals surface area contributed by atoms with Crippen molar-refractivity contribution in [2.45, 2.75) is 44.1 Å². The van der Waals surface area contributed by atoms with Gasteiger partial charge in [0.25, 0.3) is 11.5 Å². The largest absolute Gasteiger partial charge is 0.383 e. The van der Waals surface area contributed by atoms with Crippen LogP contribution in [0.1, 0.15) is 48.2 Å². The first-order valence-corrected chi connectivity index (χ1v) is 9.65. The Labute approximate surface area is 163 Å². The molecule has 1 saturated carbocycles. The smallest absolute Gasteiger partial charge is 0.271 e. The summed E-state index contributed by atoms with van der Waals surface area (Å²) in [5, 5.41) is 7.13. The third kappa shape index (κ3) is 4.65. The Morgan fingerprint density at radius 1 is 1.18 bits per heavy atom. The SMILES string of the molecule is COCCn1nc(C(=O)NCC2(c3ccc(F)cc3)CCCCC2)ccc1=O. The van der Waals surface area contributed by atoms with E-state index >= 15 is 0 Å². The predicted molar refractivity (Wildman–Crippen MR) is 104 cm³/mol. The average molecular weight is 387 g/mol. The molecule has 0 bridgehead atoms. The van der Waals surface area contributed by atoms with E-state index in [9.17, 15) is 14.0 Å². The maximum Gasteiger partial charge on any atom is 0.271 e. The second-order valence-electron chi connectivity index (χ2n) is 7.30. The molecule has 2 aromatic rings. The molecular formula is C21H26FN3O3. The number of aromatic nitrogens is 2. The molecule has 3 rings (SSSR count). The quantitative estimate of drug-likeness (QED) is 0.793. The fraction of sp³-hybridized carbons (Fsp3) is 0.476. The monoisotopic (exact) mass is 387 g/mol. The van der Waals surface area contributed by atoms with Crippen molar-refractivity contribution < 1.29 is 13.9 Å². The summed E-state index contributed by atoms with van der Waals surface area (Å²) < 4.78 is 19.6. The highest BCUT2D eigenvalue weighted by molar-refractivity contribution is 5.92. The highest BCUT2D eigenvalue weighted by atomic mass is 19.1. The van der Waals surface area contributed by atoms with Gasteiger partial charge >= 0.3 is 0 Å². The number of rotatable bonds is 7. The van der Waals surface area contributed by atoms with Crippen molar-refractivity contribution in [2.24, 2.45) is 0 Å². The Bertz CT molecular complexity index is 858. The molecule has 1 aromatic heterocycles. The molecule has 28 heavy (non-hydrogen) atoms. The van der Waals surface area contributed by atoms with Crippen LogP contribution >= 0.6 is 0 Å². The number of ether oxygens (including phenoxy) is 1. The molecule has 0 atom stereocenters. The van der Waals surface area contributed by atoms with Crippen molar-refractivity contribution in [3.63, 3.8) is 0 Å². The minimum atomic E-state index is -0.321. The molecule has 6 nitrogen and oxygen atoms in total. The van der Waals surface area contributed by atoms with Crippen LogP contribution in [-0.2, 0) is 16.7 Å². The Hall–Kier alpha value is -2.54. The van der Waals surface area contributed by atoms with Crippen molar-refractivity contribution in [1.82, 2.24) is 15.1 Å². The van der Waals surface area contributed by atoms with Crippen LogP contribution in [0.2, 0.25) is 0 Å². The molecule has 0 spiro atoms. The molecule has 1 fully saturated rings. The third-order valence-corrected chi connectivity index (χ3v) is 5.46. The fourth-order valence-corrected chi connectivity index (χ4v) is 3.85. The van der Waals surface area contributed by atoms with Crippen LogP contribution in [0, 0.1) is 5.82 Å². The van der Waals surface area contributed by atoms with Gasteiger partial charge in [-0.3, -0.25) is 9.59 Å². The van der Waals surface area contributed by atoms with E-state index in [0.717, 1.165) is 31.2 Å². The summed E-state index contributed by atoms with van der Waals surface area (Å²) in [6.45, 7) is 1.08. The first kappa shape index (κ1) is 20.2. The number of benzene rings is 1. The molecule has 1 N–H and O–H groups in total. The van der Waals surface area contributed by atoms with Crippen molar-refractivity contribution in [2.75, 3.05) is 20.3 Å². The zero-order valence-electron chi connectivity index (χ0n) is 16.1. The van der Waals surface area contributed by atoms with Gasteiger partial charge in [0.1, 0.15) is 11.5 Å². The average Bonchev–Trinajstić information content (AvgIpc) is 2.72. The van der Waals surface area contributed by atoms with Gasteiger partial charge in [0, 0.05) is 25.1 Å². The third-order valence-electron chi connectivity index (χ3n) is 5.46. The van der Waals surface area contributed by atoms with Crippen LogP contribution in [0.3, 0.4) is 0 Å². The number of nitrogens with one attached hydrogen (secondary N) is 1. The van der Waals surface area contributed by atoms with Crippen molar-refractivity contribution in [3.8, 4) is 0 Å². The number of hydrogen-bond donors (Lipinski definition) is 1. The number of carbonyl (C=O) groups excluding carboxylic acids is 1. The van der Waals surface area contributed by atoms with Gasteiger partial charge in [-0.2, -0.15) is 5.10 Å². The van der Waals surface area contributed by atoms with Crippen LogP contribution in [-0.4, -0.2) is 35.9 Å². The van der Waals surface area contributed by atoms with Gasteiger partial charge in [-0.15, -0.1) is 0 Å². The predicted octanol–water partition coefficient (Wildman–Crippen LogP) is 2.66. The normalized spacial score (nSPS) is 15.9. The number of nitrogens with zero attached hydrogens (tertiary/aromatic N) is 2. The van der Waals surface area contributed by atoms with Crippen LogP contribution in [0.5, 0.6) is 0 Å². The molecule has 0 unspecified atom stereocenters. The van der Waals surface area contributed by atoms with Gasteiger partial charge in [0.15, 0.2) is 0 Å². The zero-order valence-corrected chi connectivity index (χ0v) is 16.1. The van der Waals surface area contributed by atoms with Crippen molar-refractivity contribution in [1.29, 1.82) is 0 Å². The van der Waals surface area contributed by atoms with Crippen LogP contribution in [0.25, 0.3) is 0 Å². The van der Waals surface area contributed by atoms with E-state index in [-0.39, 0.29) is 34.9 Å². The van der Waals surface area contributed by atoms with E-state index in [0.29, 0.717) is 13.2 Å². The molecule has 0 radical (unpaired) electrons. The molecule has 0 aliphatic heterocycles. The van der Waals surface area contributed by atoms with E-state index in [1.54, 1.807) is 7.11 Å². The maximum atomic E-state index is 13.4. The molecule has 1 heterocycles. The lowest BCUT2D eigenvalue weighted by Gasteiger charge is -2.38. The minimum Gasteiger partial charge on any atom is -0.383 e. The first-order chi connectivity index (χ1) is 13.5. The van der Waals surface area contributed by atoms with E-state index < -0.39 is 0 Å². The van der Waals surface area contributed by atoms with Gasteiger partial charge < -0.3 is 10.1 Å². The molecule has 1 aromatic carbocycles. The molecule has 1 aliphatic carbocycles. The lowest BCUT2D eigenvalue weighted by atomic mass is 9.69. The van der Waals surface area contributed by atoms with Crippen LogP contribution < -0.4 is 10.9 Å². The van der Waals surface area contributed by atoms with Gasteiger partial charge in [-0.05, 0) is 36.6 Å². The van der Waals surface area contributed by atoms with Gasteiger partial charge in [-0.25, -0.2) is 9.07 Å². The summed E-state index contributed by atoms with van der Waals surface area (Å²) in [6.07, 6.45) is 5.21. The number of methoxy groups -OCH3 is 1. The summed E-state index contributed by atoms with van der Waals surface area (Å²) in [7, 11) is 1.54. The van der Waals surface area contributed by atoms with Crippen LogP contribution in [0.4, 0.5) is 4.39 Å². The van der Waals surface area contributed by atoms with E-state index in [1.807, 2.05) is 12.1 Å². The van der Waals surface area contributed by atoms with Crippen molar-refractivity contribution in [3.05, 3.63) is 63.8 Å². The van der Waals surface area contributed by atoms with E-state index in [2.05, 4.69) is 10.4 Å². The topological polar surface area (TPSA) is 73.2 Å². The number of amides is 1. The van der Waals surface area contributed by atoms with Crippen molar-refractivity contribution >= 4 is 5.91 Å². The molecule has 1 aliphatic rings. The second-order valence-corrected chi connectivity index (χ2v) is 7.30. The van der Waals surface area contributed by atoms with Gasteiger partial charge in [0.2, 0.25) is 0 Å². The fourth-order valence-electron chi connectivity index (χ4n) is 3.85. The molecule has 0 saturated heterocycles. The molecule has 150 valence electrons. The summed E-state index contributed by atoms with van der Waals surface area (Å²) in [4.78, 5) is 24.5. The van der Waals surface area contributed by atoms with E-state index in [1.165, 1.54) is 35.4 Å². The standard InChI is InChI=1S/C21H26FN3O3/c1-28-14-13-25-19(26)10-9-18(24-25)20(27)23-15-21(11-3-2-4-12-21)16-5-7-17(22)8-6-16/h5-10H,2-4,11-15H2,1H3,(H,23,27). The first-order valence-electron chi connectivity index (χ1n) is 9.65. The lowest BCUT2D eigenvalue weighted by molar-refractivity contribution is 0.0928. The summed E-state index contributed by atoms with van der Waals surface area (Å²) in [6, 6.07) is 9.35. The Morgan fingerprint density at radius 2 is 1.89 bits per heavy atom. The molecular weight excluding hydrogens is 361 g/mol. The molecule has 1 amide bonds. The second kappa shape index (κ2) is 9.10. The Kier molecular flexibility index (Phi) is 6.57. The zero-order chi connectivity index (χ0) is 20.0. The lowest BCUT2D eigenvalue weighted by Crippen LogP contribution is -2.42. The summed E-state index contributed by atoms with van der Waals surface area (Å²) in [5.41, 5.74) is 0.767. The highest BCUT2D eigenvalue weighted by Crippen LogP contribution is 2.39. The number of halogens is 1. The number of hydrogen-bond acceptors (Lipinski definition) is 4. The Balaban J connectivity index is 1.75. The molecule has 7 heteroatoms. The van der Waals surface area contributed by atoms with Gasteiger partial charge in [-0.1, -0.05) is 31.4 Å². The minimum absolute atomic E-state index is 0.195. The van der Waals surface area contributed by atoms with Gasteiger partial charge in [0.05, 0.1) is 13.2 Å². The van der Waals surface area contributed by atoms with Crippen LogP contribution in [0.15, 0.2) is 41.2 Å². The highest BCUT2D eigenvalue weighted by Gasteiger charge is 2.34.